The van der Waals surface area contributed by atoms with Crippen LogP contribution < -0.4 is 15.0 Å². The van der Waals surface area contributed by atoms with Crippen molar-refractivity contribution in [2.75, 3.05) is 24.6 Å². The molecule has 122 valence electrons. The standard InChI is InChI=1S/C16H18FN3O2S/c17-12-3-5-14(6-4-12)22-11-15(21)19-10-13-2-1-8-20(13)16-18-7-9-23-16/h3-7,9,13H,1-2,8,10-11H2,(H,19,21). The Morgan fingerprint density at radius 1 is 1.43 bits per heavy atom. The van der Waals surface area contributed by atoms with Gasteiger partial charge in [0.1, 0.15) is 11.6 Å². The Morgan fingerprint density at radius 2 is 2.26 bits per heavy atom. The molecule has 2 aromatic rings. The number of ether oxygens (including phenoxy) is 1. The molecule has 1 saturated heterocycles. The Bertz CT molecular complexity index is 633. The lowest BCUT2D eigenvalue weighted by molar-refractivity contribution is -0.123. The second-order valence-corrected chi connectivity index (χ2v) is 6.22. The van der Waals surface area contributed by atoms with Crippen molar-refractivity contribution in [2.24, 2.45) is 0 Å². The molecular formula is C16H18FN3O2S. The molecule has 0 bridgehead atoms. The average molecular weight is 335 g/mol. The van der Waals surface area contributed by atoms with Crippen molar-refractivity contribution in [3.8, 4) is 5.75 Å². The van der Waals surface area contributed by atoms with Crippen molar-refractivity contribution in [1.82, 2.24) is 10.3 Å². The van der Waals surface area contributed by atoms with Crippen LogP contribution in [-0.2, 0) is 4.79 Å². The highest BCUT2D eigenvalue weighted by atomic mass is 32.1. The summed E-state index contributed by atoms with van der Waals surface area (Å²) in [5.74, 6) is -0.0301. The summed E-state index contributed by atoms with van der Waals surface area (Å²) in [6.45, 7) is 1.47. The fourth-order valence-electron chi connectivity index (χ4n) is 2.62. The summed E-state index contributed by atoms with van der Waals surface area (Å²) < 4.78 is 18.1. The maximum atomic E-state index is 12.8. The van der Waals surface area contributed by atoms with E-state index in [4.69, 9.17) is 4.74 Å². The van der Waals surface area contributed by atoms with E-state index >= 15 is 0 Å². The van der Waals surface area contributed by atoms with Crippen LogP contribution in [-0.4, -0.2) is 36.6 Å². The number of carbonyl (C=O) groups is 1. The number of benzene rings is 1. The van der Waals surface area contributed by atoms with Crippen molar-refractivity contribution >= 4 is 22.4 Å². The largest absolute Gasteiger partial charge is 0.484 e. The normalized spacial score (nSPS) is 17.3. The number of hydrogen-bond donors (Lipinski definition) is 1. The van der Waals surface area contributed by atoms with Crippen LogP contribution in [0.3, 0.4) is 0 Å². The maximum Gasteiger partial charge on any atom is 0.258 e. The van der Waals surface area contributed by atoms with Crippen LogP contribution >= 0.6 is 11.3 Å². The van der Waals surface area contributed by atoms with Crippen LogP contribution in [0, 0.1) is 5.82 Å². The van der Waals surface area contributed by atoms with Crippen LogP contribution in [0.4, 0.5) is 9.52 Å². The number of nitrogens with zero attached hydrogens (tertiary/aromatic N) is 2. The quantitative estimate of drug-likeness (QED) is 0.881. The summed E-state index contributed by atoms with van der Waals surface area (Å²) in [7, 11) is 0. The molecule has 0 aliphatic carbocycles. The number of hydrogen-bond acceptors (Lipinski definition) is 5. The lowest BCUT2D eigenvalue weighted by Crippen LogP contribution is -2.41. The Morgan fingerprint density at radius 3 is 3.00 bits per heavy atom. The van der Waals surface area contributed by atoms with E-state index in [9.17, 15) is 9.18 Å². The maximum absolute atomic E-state index is 12.8. The molecule has 3 rings (SSSR count). The van der Waals surface area contributed by atoms with Gasteiger partial charge in [-0.2, -0.15) is 0 Å². The molecule has 7 heteroatoms. The number of aromatic nitrogens is 1. The topological polar surface area (TPSA) is 54.5 Å². The summed E-state index contributed by atoms with van der Waals surface area (Å²) in [5.41, 5.74) is 0. The molecule has 1 atom stereocenters. The summed E-state index contributed by atoms with van der Waals surface area (Å²) in [5, 5.41) is 5.86. The van der Waals surface area contributed by atoms with Crippen LogP contribution in [0.25, 0.3) is 0 Å². The Kier molecular flexibility index (Phi) is 5.07. The van der Waals surface area contributed by atoms with Crippen LogP contribution in [0.1, 0.15) is 12.8 Å². The molecule has 23 heavy (non-hydrogen) atoms. The molecule has 1 aromatic heterocycles. The third kappa shape index (κ3) is 4.19. The lowest BCUT2D eigenvalue weighted by Gasteiger charge is -2.24. The highest BCUT2D eigenvalue weighted by Crippen LogP contribution is 2.26. The van der Waals surface area contributed by atoms with Crippen molar-refractivity contribution in [3.05, 3.63) is 41.7 Å². The zero-order valence-electron chi connectivity index (χ0n) is 12.6. The van der Waals surface area contributed by atoms with Gasteiger partial charge in [0.05, 0.1) is 0 Å². The molecule has 1 aliphatic heterocycles. The molecule has 0 spiro atoms. The first-order valence-electron chi connectivity index (χ1n) is 7.53. The van der Waals surface area contributed by atoms with E-state index in [0.717, 1.165) is 24.5 Å². The minimum Gasteiger partial charge on any atom is -0.484 e. The zero-order valence-corrected chi connectivity index (χ0v) is 13.4. The van der Waals surface area contributed by atoms with Crippen molar-refractivity contribution in [2.45, 2.75) is 18.9 Å². The molecule has 0 radical (unpaired) electrons. The fourth-order valence-corrected chi connectivity index (χ4v) is 3.36. The van der Waals surface area contributed by atoms with E-state index in [2.05, 4.69) is 15.2 Å². The van der Waals surface area contributed by atoms with Gasteiger partial charge in [-0.05, 0) is 37.1 Å². The minimum atomic E-state index is -0.328. The van der Waals surface area contributed by atoms with Gasteiger partial charge in [-0.3, -0.25) is 4.79 Å². The number of rotatable bonds is 6. The Hall–Kier alpha value is -2.15. The van der Waals surface area contributed by atoms with Crippen LogP contribution in [0.2, 0.25) is 0 Å². The fraction of sp³-hybridized carbons (Fsp3) is 0.375. The highest BCUT2D eigenvalue weighted by Gasteiger charge is 2.26. The van der Waals surface area contributed by atoms with Gasteiger partial charge in [-0.1, -0.05) is 0 Å². The molecule has 1 fully saturated rings. The molecular weight excluding hydrogens is 317 g/mol. The molecule has 1 unspecified atom stereocenters. The summed E-state index contributed by atoms with van der Waals surface area (Å²) in [6, 6.07) is 5.89. The summed E-state index contributed by atoms with van der Waals surface area (Å²) in [6.07, 6.45) is 3.94. The number of amides is 1. The number of anilines is 1. The smallest absolute Gasteiger partial charge is 0.258 e. The average Bonchev–Trinajstić information content (AvgIpc) is 3.23. The number of halogens is 1. The van der Waals surface area contributed by atoms with Gasteiger partial charge < -0.3 is 15.0 Å². The van der Waals surface area contributed by atoms with Gasteiger partial charge in [0.15, 0.2) is 11.7 Å². The molecule has 1 amide bonds. The predicted molar refractivity (Wildman–Crippen MR) is 87.4 cm³/mol. The monoisotopic (exact) mass is 335 g/mol. The first-order valence-corrected chi connectivity index (χ1v) is 8.41. The molecule has 1 N–H and O–H groups in total. The van der Waals surface area contributed by atoms with E-state index in [1.807, 2.05) is 5.38 Å². The molecule has 0 saturated carbocycles. The van der Waals surface area contributed by atoms with Crippen molar-refractivity contribution in [1.29, 1.82) is 0 Å². The van der Waals surface area contributed by atoms with Crippen LogP contribution in [0.15, 0.2) is 35.8 Å². The van der Waals surface area contributed by atoms with Gasteiger partial charge in [0.2, 0.25) is 0 Å². The minimum absolute atomic E-state index is 0.0738. The lowest BCUT2D eigenvalue weighted by atomic mass is 10.2. The number of nitrogens with one attached hydrogen (secondary N) is 1. The summed E-state index contributed by atoms with van der Waals surface area (Å²) in [4.78, 5) is 18.5. The highest BCUT2D eigenvalue weighted by molar-refractivity contribution is 7.13. The predicted octanol–water partition coefficient (Wildman–Crippen LogP) is 2.45. The van der Waals surface area contributed by atoms with E-state index in [-0.39, 0.29) is 24.4 Å². The van der Waals surface area contributed by atoms with Crippen molar-refractivity contribution in [3.63, 3.8) is 0 Å². The van der Waals surface area contributed by atoms with E-state index in [0.29, 0.717) is 12.3 Å². The second kappa shape index (κ2) is 7.41. The second-order valence-electron chi connectivity index (χ2n) is 5.35. The molecule has 1 aromatic carbocycles. The first kappa shape index (κ1) is 15.7. The third-order valence-corrected chi connectivity index (χ3v) is 4.57. The van der Waals surface area contributed by atoms with E-state index < -0.39 is 0 Å². The SMILES string of the molecule is O=C(COc1ccc(F)cc1)NCC1CCCN1c1nccs1. The van der Waals surface area contributed by atoms with E-state index in [1.165, 1.54) is 24.3 Å². The number of carbonyl (C=O) groups excluding carboxylic acids is 1. The zero-order chi connectivity index (χ0) is 16.1. The third-order valence-electron chi connectivity index (χ3n) is 3.76. The van der Waals surface area contributed by atoms with Crippen LogP contribution in [0.5, 0.6) is 5.75 Å². The Labute approximate surface area is 138 Å². The summed E-state index contributed by atoms with van der Waals surface area (Å²) >= 11 is 1.61. The van der Waals surface area contributed by atoms with Gasteiger partial charge >= 0.3 is 0 Å². The van der Waals surface area contributed by atoms with Gasteiger partial charge in [0.25, 0.3) is 5.91 Å². The number of thiazole rings is 1. The van der Waals surface area contributed by atoms with E-state index in [1.54, 1.807) is 17.5 Å². The molecule has 1 aliphatic rings. The van der Waals surface area contributed by atoms with Crippen molar-refractivity contribution < 1.29 is 13.9 Å². The molecule has 5 nitrogen and oxygen atoms in total. The molecule has 2 heterocycles. The van der Waals surface area contributed by atoms with Gasteiger partial charge in [-0.25, -0.2) is 9.37 Å². The van der Waals surface area contributed by atoms with Gasteiger partial charge in [-0.15, -0.1) is 11.3 Å². The Balaban J connectivity index is 1.44. The van der Waals surface area contributed by atoms with Gasteiger partial charge in [0, 0.05) is 30.7 Å². The first-order chi connectivity index (χ1) is 11.2.